The van der Waals surface area contributed by atoms with Crippen LogP contribution in [0.2, 0.25) is 5.02 Å². The van der Waals surface area contributed by atoms with Gasteiger partial charge in [-0.15, -0.1) is 0 Å². The van der Waals surface area contributed by atoms with Gasteiger partial charge in [0.25, 0.3) is 5.91 Å². The van der Waals surface area contributed by atoms with E-state index in [1.54, 1.807) is 24.0 Å². The number of benzene rings is 2. The SMILES string of the molecule is CCOC(=O)C1=C(CN2CCN(C(=O)c3ccccc3)[C@H](C)C2)N(CC)C(=O)N[C@H]1c1ccccc1Cl. The standard InChI is InChI=1S/C28H33ClN4O4/c1-4-32-23(18-31-15-16-33(19(3)17-31)26(34)20-11-7-6-8-12-20)24(27(35)37-5-2)25(30-28(32)36)21-13-9-10-14-22(21)29/h6-14,19,25H,4-5,15-18H2,1-3H3,(H,30,36)/t19-,25+/m1/s1. The molecule has 2 atom stereocenters. The highest BCUT2D eigenvalue weighted by Crippen LogP contribution is 2.35. The number of piperazine rings is 1. The molecule has 0 saturated carbocycles. The number of nitrogens with zero attached hydrogens (tertiary/aromatic N) is 3. The van der Waals surface area contributed by atoms with Crippen LogP contribution in [0.15, 0.2) is 65.9 Å². The minimum atomic E-state index is -0.726. The van der Waals surface area contributed by atoms with Crippen LogP contribution in [0.1, 0.15) is 42.7 Å². The van der Waals surface area contributed by atoms with E-state index >= 15 is 0 Å². The molecule has 2 aliphatic rings. The molecule has 4 rings (SSSR count). The topological polar surface area (TPSA) is 82.2 Å². The van der Waals surface area contributed by atoms with Crippen molar-refractivity contribution in [2.75, 3.05) is 39.3 Å². The quantitative estimate of drug-likeness (QED) is 0.552. The lowest BCUT2D eigenvalue weighted by Crippen LogP contribution is -2.56. The van der Waals surface area contributed by atoms with E-state index in [1.165, 1.54) is 0 Å². The summed E-state index contributed by atoms with van der Waals surface area (Å²) in [5, 5.41) is 3.41. The summed E-state index contributed by atoms with van der Waals surface area (Å²) in [6.07, 6.45) is 0. The smallest absolute Gasteiger partial charge is 0.338 e. The lowest BCUT2D eigenvalue weighted by Gasteiger charge is -2.43. The van der Waals surface area contributed by atoms with Crippen LogP contribution >= 0.6 is 11.6 Å². The summed E-state index contributed by atoms with van der Waals surface area (Å²) in [5.74, 6) is -0.475. The number of amides is 3. The zero-order chi connectivity index (χ0) is 26.5. The third-order valence-corrected chi connectivity index (χ3v) is 7.18. The van der Waals surface area contributed by atoms with Gasteiger partial charge < -0.3 is 15.0 Å². The monoisotopic (exact) mass is 524 g/mol. The summed E-state index contributed by atoms with van der Waals surface area (Å²) in [4.78, 5) is 45.2. The Morgan fingerprint density at radius 1 is 1.05 bits per heavy atom. The van der Waals surface area contributed by atoms with E-state index in [1.807, 2.05) is 61.2 Å². The molecule has 2 aromatic rings. The van der Waals surface area contributed by atoms with Gasteiger partial charge in [0.2, 0.25) is 0 Å². The second kappa shape index (κ2) is 11.8. The van der Waals surface area contributed by atoms with Crippen LogP contribution < -0.4 is 5.32 Å². The fourth-order valence-electron chi connectivity index (χ4n) is 5.04. The van der Waals surface area contributed by atoms with E-state index in [0.717, 1.165) is 0 Å². The third-order valence-electron chi connectivity index (χ3n) is 6.83. The van der Waals surface area contributed by atoms with Crippen LogP contribution in [-0.4, -0.2) is 78.0 Å². The molecular formula is C28H33ClN4O4. The predicted molar refractivity (Wildman–Crippen MR) is 142 cm³/mol. The zero-order valence-corrected chi connectivity index (χ0v) is 22.2. The normalized spacial score (nSPS) is 20.6. The molecule has 1 fully saturated rings. The molecule has 1 N–H and O–H groups in total. The van der Waals surface area contributed by atoms with Gasteiger partial charge >= 0.3 is 12.0 Å². The molecule has 9 heteroatoms. The molecule has 8 nitrogen and oxygen atoms in total. The maximum absolute atomic E-state index is 13.3. The Morgan fingerprint density at radius 2 is 1.76 bits per heavy atom. The van der Waals surface area contributed by atoms with Crippen molar-refractivity contribution in [3.05, 3.63) is 82.0 Å². The van der Waals surface area contributed by atoms with Gasteiger partial charge in [0.1, 0.15) is 0 Å². The largest absolute Gasteiger partial charge is 0.463 e. The Bertz CT molecular complexity index is 1190. The Labute approximate surface area is 222 Å². The van der Waals surface area contributed by atoms with Crippen molar-refractivity contribution in [2.24, 2.45) is 0 Å². The molecule has 3 amide bonds. The molecule has 0 spiro atoms. The molecule has 0 unspecified atom stereocenters. The maximum atomic E-state index is 13.3. The molecule has 0 aliphatic carbocycles. The average molecular weight is 525 g/mol. The van der Waals surface area contributed by atoms with Gasteiger partial charge in [-0.2, -0.15) is 0 Å². The minimum absolute atomic E-state index is 0.00481. The van der Waals surface area contributed by atoms with Crippen LogP contribution in [0.4, 0.5) is 4.79 Å². The molecule has 2 aliphatic heterocycles. The van der Waals surface area contributed by atoms with Gasteiger partial charge in [-0.05, 0) is 44.5 Å². The van der Waals surface area contributed by atoms with Crippen LogP contribution in [-0.2, 0) is 9.53 Å². The number of hydrogen-bond donors (Lipinski definition) is 1. The van der Waals surface area contributed by atoms with E-state index in [-0.39, 0.29) is 24.6 Å². The second-order valence-electron chi connectivity index (χ2n) is 9.18. The van der Waals surface area contributed by atoms with Crippen LogP contribution in [0.25, 0.3) is 0 Å². The zero-order valence-electron chi connectivity index (χ0n) is 21.4. The molecule has 0 bridgehead atoms. The van der Waals surface area contributed by atoms with Crippen molar-refractivity contribution in [3.8, 4) is 0 Å². The number of urea groups is 1. The van der Waals surface area contributed by atoms with E-state index < -0.39 is 12.0 Å². The fourth-order valence-corrected chi connectivity index (χ4v) is 5.28. The maximum Gasteiger partial charge on any atom is 0.338 e. The first-order valence-corrected chi connectivity index (χ1v) is 13.0. The van der Waals surface area contributed by atoms with E-state index in [2.05, 4.69) is 10.2 Å². The third kappa shape index (κ3) is 5.65. The fraction of sp³-hybridized carbons (Fsp3) is 0.393. The highest BCUT2D eigenvalue weighted by Gasteiger charge is 2.39. The van der Waals surface area contributed by atoms with E-state index in [0.29, 0.717) is 60.1 Å². The Kier molecular flexibility index (Phi) is 8.51. The number of esters is 1. The number of rotatable bonds is 7. The van der Waals surface area contributed by atoms with Gasteiger partial charge in [-0.3, -0.25) is 14.6 Å². The van der Waals surface area contributed by atoms with Crippen molar-refractivity contribution in [2.45, 2.75) is 32.9 Å². The van der Waals surface area contributed by atoms with Gasteiger partial charge in [0.05, 0.1) is 18.2 Å². The summed E-state index contributed by atoms with van der Waals surface area (Å²) >= 11 is 6.49. The van der Waals surface area contributed by atoms with Gasteiger partial charge in [0, 0.05) is 55.0 Å². The lowest BCUT2D eigenvalue weighted by molar-refractivity contribution is -0.139. The van der Waals surface area contributed by atoms with Crippen molar-refractivity contribution in [3.63, 3.8) is 0 Å². The number of ether oxygens (including phenoxy) is 1. The number of carbonyl (C=O) groups excluding carboxylic acids is 3. The molecule has 2 heterocycles. The molecule has 0 aromatic heterocycles. The van der Waals surface area contributed by atoms with Crippen molar-refractivity contribution in [1.82, 2.24) is 20.0 Å². The molecular weight excluding hydrogens is 492 g/mol. The summed E-state index contributed by atoms with van der Waals surface area (Å²) in [6.45, 7) is 8.38. The molecule has 196 valence electrons. The van der Waals surface area contributed by atoms with Gasteiger partial charge in [-0.1, -0.05) is 48.0 Å². The number of halogens is 1. The number of nitrogens with one attached hydrogen (secondary N) is 1. The van der Waals surface area contributed by atoms with Gasteiger partial charge in [-0.25, -0.2) is 9.59 Å². The van der Waals surface area contributed by atoms with Crippen LogP contribution in [0, 0.1) is 0 Å². The molecule has 37 heavy (non-hydrogen) atoms. The number of likely N-dealkylation sites (N-methyl/N-ethyl adjacent to an activating group) is 1. The summed E-state index contributed by atoms with van der Waals surface area (Å²) in [6, 6.07) is 15.4. The predicted octanol–water partition coefficient (Wildman–Crippen LogP) is 4.09. The summed E-state index contributed by atoms with van der Waals surface area (Å²) in [5.41, 5.74) is 2.29. The number of hydrogen-bond acceptors (Lipinski definition) is 5. The van der Waals surface area contributed by atoms with E-state index in [4.69, 9.17) is 16.3 Å². The minimum Gasteiger partial charge on any atom is -0.463 e. The second-order valence-corrected chi connectivity index (χ2v) is 9.59. The first-order chi connectivity index (χ1) is 17.8. The molecule has 0 radical (unpaired) electrons. The van der Waals surface area contributed by atoms with Crippen molar-refractivity contribution >= 4 is 29.5 Å². The van der Waals surface area contributed by atoms with Crippen molar-refractivity contribution < 1.29 is 19.1 Å². The van der Waals surface area contributed by atoms with Crippen LogP contribution in [0.5, 0.6) is 0 Å². The average Bonchev–Trinajstić information content (AvgIpc) is 2.89. The first kappa shape index (κ1) is 26.7. The highest BCUT2D eigenvalue weighted by molar-refractivity contribution is 6.31. The lowest BCUT2D eigenvalue weighted by atomic mass is 9.94. The molecule has 2 aromatic carbocycles. The van der Waals surface area contributed by atoms with Crippen molar-refractivity contribution in [1.29, 1.82) is 0 Å². The summed E-state index contributed by atoms with van der Waals surface area (Å²) in [7, 11) is 0. The van der Waals surface area contributed by atoms with E-state index in [9.17, 15) is 14.4 Å². The van der Waals surface area contributed by atoms with Gasteiger partial charge in [0.15, 0.2) is 0 Å². The Hall–Kier alpha value is -3.36. The Morgan fingerprint density at radius 3 is 2.41 bits per heavy atom. The highest BCUT2D eigenvalue weighted by atomic mass is 35.5. The van der Waals surface area contributed by atoms with Crippen LogP contribution in [0.3, 0.4) is 0 Å². The molecule has 1 saturated heterocycles. The number of carbonyl (C=O) groups is 3. The summed E-state index contributed by atoms with van der Waals surface area (Å²) < 4.78 is 5.45. The first-order valence-electron chi connectivity index (χ1n) is 12.7. The Balaban J connectivity index is 1.64.